The van der Waals surface area contributed by atoms with Gasteiger partial charge in [-0.3, -0.25) is 0 Å². The number of aliphatic hydroxyl groups excluding tert-OH is 2. The van der Waals surface area contributed by atoms with E-state index in [0.717, 1.165) is 0 Å². The molecule has 0 aliphatic rings. The van der Waals surface area contributed by atoms with Crippen molar-refractivity contribution in [3.05, 3.63) is 0 Å². The van der Waals surface area contributed by atoms with Crippen molar-refractivity contribution in [1.29, 1.82) is 0 Å². The van der Waals surface area contributed by atoms with E-state index in [4.69, 9.17) is 10.2 Å². The average Bonchev–Trinajstić information content (AvgIpc) is 1.69. The Kier molecular flexibility index (Phi) is 13.9. The molecule has 8 heavy (non-hydrogen) atoms. The topological polar surface area (TPSA) is 52.5 Å². The molecule has 0 unspecified atom stereocenters. The molecule has 0 fully saturated rings. The molecule has 0 amide bonds. The Morgan fingerprint density at radius 2 is 1.38 bits per heavy atom. The Morgan fingerprint density at radius 3 is 1.62 bits per heavy atom. The lowest BCUT2D eigenvalue weighted by Crippen LogP contribution is -2.21. The highest BCUT2D eigenvalue weighted by molar-refractivity contribution is 5.75. The molecule has 0 saturated carbocycles. The van der Waals surface area contributed by atoms with Crippen molar-refractivity contribution in [2.24, 2.45) is 0 Å². The largest absolute Gasteiger partial charge is 0.395 e. The zero-order valence-electron chi connectivity index (χ0n) is 4.22. The standard InChI is InChI=1S/C4H11NO2.H4Si/c6-3-1-5-2-4-7;/h5-7H,1-4H2;1H4. The highest BCUT2D eigenvalue weighted by Gasteiger charge is 1.78. The molecule has 0 atom stereocenters. The smallest absolute Gasteiger partial charge is 0.0555 e. The molecule has 4 heteroatoms. The molecule has 0 aliphatic heterocycles. The lowest BCUT2D eigenvalue weighted by Gasteiger charge is -1.94. The normalized spacial score (nSPS) is 8.25. The van der Waals surface area contributed by atoms with Crippen LogP contribution in [0.4, 0.5) is 0 Å². The summed E-state index contributed by atoms with van der Waals surface area (Å²) in [5, 5.41) is 19.1. The molecule has 0 heterocycles. The number of nitrogens with one attached hydrogen (secondary N) is 1. The van der Waals surface area contributed by atoms with Crippen LogP contribution in [0, 0.1) is 0 Å². The van der Waals surface area contributed by atoms with Crippen molar-refractivity contribution in [1.82, 2.24) is 5.32 Å². The van der Waals surface area contributed by atoms with Crippen LogP contribution in [0.15, 0.2) is 0 Å². The van der Waals surface area contributed by atoms with Crippen LogP contribution in [0.3, 0.4) is 0 Å². The van der Waals surface area contributed by atoms with E-state index >= 15 is 0 Å². The van der Waals surface area contributed by atoms with Gasteiger partial charge in [-0.2, -0.15) is 0 Å². The Bertz CT molecular complexity index is 33.2. The molecule has 0 aromatic carbocycles. The Hall–Kier alpha value is 0.0969. The minimum Gasteiger partial charge on any atom is -0.395 e. The van der Waals surface area contributed by atoms with Crippen LogP contribution in [-0.2, 0) is 0 Å². The quantitative estimate of drug-likeness (QED) is 0.288. The summed E-state index contributed by atoms with van der Waals surface area (Å²) >= 11 is 0. The van der Waals surface area contributed by atoms with Crippen molar-refractivity contribution < 1.29 is 10.2 Å². The Labute approximate surface area is 53.7 Å². The van der Waals surface area contributed by atoms with Gasteiger partial charge in [0.25, 0.3) is 0 Å². The lowest BCUT2D eigenvalue weighted by molar-refractivity contribution is 0.267. The minimum absolute atomic E-state index is 0. The molecule has 3 nitrogen and oxygen atoms in total. The van der Waals surface area contributed by atoms with Crippen molar-refractivity contribution in [3.63, 3.8) is 0 Å². The molecule has 0 aromatic rings. The summed E-state index contributed by atoms with van der Waals surface area (Å²) in [5.74, 6) is 0. The second-order valence-electron chi connectivity index (χ2n) is 1.20. The van der Waals surface area contributed by atoms with E-state index in [-0.39, 0.29) is 24.2 Å². The first-order valence-corrected chi connectivity index (χ1v) is 2.34. The molecule has 0 rings (SSSR count). The molecule has 52 valence electrons. The Balaban J connectivity index is 0. The molecular weight excluding hydrogens is 122 g/mol. The number of rotatable bonds is 4. The van der Waals surface area contributed by atoms with Crippen LogP contribution in [0.1, 0.15) is 0 Å². The van der Waals surface area contributed by atoms with E-state index in [0.29, 0.717) is 13.1 Å². The number of aliphatic hydroxyl groups is 2. The van der Waals surface area contributed by atoms with Gasteiger partial charge in [0.2, 0.25) is 0 Å². The van der Waals surface area contributed by atoms with Crippen molar-refractivity contribution in [2.45, 2.75) is 0 Å². The second-order valence-corrected chi connectivity index (χ2v) is 1.20. The van der Waals surface area contributed by atoms with Crippen molar-refractivity contribution in [2.75, 3.05) is 26.3 Å². The van der Waals surface area contributed by atoms with Crippen molar-refractivity contribution >= 4 is 11.0 Å². The summed E-state index contributed by atoms with van der Waals surface area (Å²) in [4.78, 5) is 0. The molecule has 0 saturated heterocycles. The first-order chi connectivity index (χ1) is 3.41. The summed E-state index contributed by atoms with van der Waals surface area (Å²) in [6.45, 7) is 1.42. The van der Waals surface area contributed by atoms with E-state index in [1.54, 1.807) is 0 Å². The van der Waals surface area contributed by atoms with Crippen LogP contribution >= 0.6 is 0 Å². The molecule has 0 bridgehead atoms. The third-order valence-electron chi connectivity index (χ3n) is 0.577. The van der Waals surface area contributed by atoms with Gasteiger partial charge in [-0.25, -0.2) is 0 Å². The van der Waals surface area contributed by atoms with E-state index in [2.05, 4.69) is 5.32 Å². The van der Waals surface area contributed by atoms with E-state index in [9.17, 15) is 0 Å². The molecule has 0 spiro atoms. The molecule has 0 radical (unpaired) electrons. The first-order valence-electron chi connectivity index (χ1n) is 2.34. The highest BCUT2D eigenvalue weighted by atomic mass is 28.1. The van der Waals surface area contributed by atoms with E-state index in [1.165, 1.54) is 0 Å². The maximum atomic E-state index is 8.15. The van der Waals surface area contributed by atoms with Crippen LogP contribution in [0.25, 0.3) is 0 Å². The predicted octanol–water partition coefficient (Wildman–Crippen LogP) is -2.89. The van der Waals surface area contributed by atoms with Gasteiger partial charge in [-0.05, 0) is 11.0 Å². The van der Waals surface area contributed by atoms with E-state index in [1.807, 2.05) is 0 Å². The summed E-state index contributed by atoms with van der Waals surface area (Å²) < 4.78 is 0. The van der Waals surface area contributed by atoms with Crippen LogP contribution in [0.2, 0.25) is 0 Å². The fraction of sp³-hybridized carbons (Fsp3) is 1.00. The van der Waals surface area contributed by atoms with Gasteiger partial charge < -0.3 is 15.5 Å². The predicted molar refractivity (Wildman–Crippen MR) is 38.4 cm³/mol. The molecule has 0 aromatic heterocycles. The summed E-state index contributed by atoms with van der Waals surface area (Å²) in [5.41, 5.74) is 0. The van der Waals surface area contributed by atoms with Gasteiger partial charge in [-0.15, -0.1) is 0 Å². The van der Waals surface area contributed by atoms with Gasteiger partial charge >= 0.3 is 0 Å². The van der Waals surface area contributed by atoms with Gasteiger partial charge in [0.05, 0.1) is 13.2 Å². The Morgan fingerprint density at radius 1 is 1.00 bits per heavy atom. The van der Waals surface area contributed by atoms with Gasteiger partial charge in [0.15, 0.2) is 0 Å². The first kappa shape index (κ1) is 11.0. The summed E-state index contributed by atoms with van der Waals surface area (Å²) in [6, 6.07) is 0. The summed E-state index contributed by atoms with van der Waals surface area (Å²) in [6.07, 6.45) is 0. The lowest BCUT2D eigenvalue weighted by atomic mass is 10.6. The van der Waals surface area contributed by atoms with Crippen molar-refractivity contribution in [3.8, 4) is 0 Å². The SMILES string of the molecule is OCCNCCO.[SiH4]. The average molecular weight is 137 g/mol. The van der Waals surface area contributed by atoms with Crippen LogP contribution in [0.5, 0.6) is 0 Å². The zero-order valence-corrected chi connectivity index (χ0v) is 4.22. The third kappa shape index (κ3) is 9.44. The maximum Gasteiger partial charge on any atom is 0.0555 e. The van der Waals surface area contributed by atoms with E-state index < -0.39 is 0 Å². The third-order valence-corrected chi connectivity index (χ3v) is 0.577. The minimum atomic E-state index is 0. The zero-order chi connectivity index (χ0) is 5.54. The fourth-order valence-corrected chi connectivity index (χ4v) is 0.283. The highest BCUT2D eigenvalue weighted by Crippen LogP contribution is 1.54. The number of hydrogen-bond acceptors (Lipinski definition) is 3. The second kappa shape index (κ2) is 10.2. The molecule has 0 aliphatic carbocycles. The van der Waals surface area contributed by atoms with Gasteiger partial charge in [0.1, 0.15) is 0 Å². The van der Waals surface area contributed by atoms with Gasteiger partial charge in [0, 0.05) is 13.1 Å². The number of hydrogen-bond donors (Lipinski definition) is 3. The van der Waals surface area contributed by atoms with Crippen LogP contribution < -0.4 is 5.32 Å². The molecular formula is C4H15NO2Si. The maximum absolute atomic E-state index is 8.15. The monoisotopic (exact) mass is 137 g/mol. The fourth-order valence-electron chi connectivity index (χ4n) is 0.283. The summed E-state index contributed by atoms with van der Waals surface area (Å²) in [7, 11) is 0. The van der Waals surface area contributed by atoms with Gasteiger partial charge in [-0.1, -0.05) is 0 Å². The molecule has 3 N–H and O–H groups in total. The van der Waals surface area contributed by atoms with Crippen LogP contribution in [-0.4, -0.2) is 47.5 Å².